The Morgan fingerprint density at radius 1 is 1.26 bits per heavy atom. The van der Waals surface area contributed by atoms with Crippen molar-refractivity contribution in [2.75, 3.05) is 0 Å². The minimum atomic E-state index is -0.328. The van der Waals surface area contributed by atoms with Crippen LogP contribution in [0.4, 0.5) is 4.39 Å². The molecule has 0 bridgehead atoms. The topological polar surface area (TPSA) is 59.8 Å². The van der Waals surface area contributed by atoms with E-state index in [2.05, 4.69) is 21.6 Å². The van der Waals surface area contributed by atoms with Gasteiger partial charge in [0.2, 0.25) is 5.91 Å². The normalized spacial score (nSPS) is 13.3. The van der Waals surface area contributed by atoms with E-state index in [1.54, 1.807) is 23.5 Å². The highest BCUT2D eigenvalue weighted by atomic mass is 32.2. The van der Waals surface area contributed by atoms with Crippen LogP contribution in [0.5, 0.6) is 0 Å². The maximum Gasteiger partial charge on any atom is 0.233 e. The van der Waals surface area contributed by atoms with Gasteiger partial charge in [-0.15, -0.1) is 21.5 Å². The Bertz CT molecular complexity index is 893. The highest BCUT2D eigenvalue weighted by molar-refractivity contribution is 8.00. The second-order valence-corrected chi connectivity index (χ2v) is 8.60. The molecule has 2 heterocycles. The molecule has 1 amide bonds. The van der Waals surface area contributed by atoms with Gasteiger partial charge in [0, 0.05) is 18.3 Å². The number of halogens is 1. The molecule has 0 fully saturated rings. The molecular weight excluding hydrogens is 383 g/mol. The van der Waals surface area contributed by atoms with Gasteiger partial charge >= 0.3 is 0 Å². The summed E-state index contributed by atoms with van der Waals surface area (Å²) in [5, 5.41) is 13.9. The van der Waals surface area contributed by atoms with E-state index in [0.717, 1.165) is 17.8 Å². The Kier molecular flexibility index (Phi) is 6.28. The van der Waals surface area contributed by atoms with Gasteiger partial charge in [0.15, 0.2) is 5.16 Å². The quantitative estimate of drug-likeness (QED) is 0.606. The standard InChI is InChI=1S/C19H21FN4OS2/c1-12(14-6-8-15(20)9-7-14)21-18(25)13(2)27-19-23-22-17(24(19)3)11-16-5-4-10-26-16/h4-10,12-13H,11H2,1-3H3,(H,21,25)/t12-,13+/m0/s1. The first-order valence-corrected chi connectivity index (χ1v) is 10.3. The first-order chi connectivity index (χ1) is 12.9. The molecule has 3 aromatic rings. The molecule has 0 saturated heterocycles. The SMILES string of the molecule is C[C@H](NC(=O)[C@@H](C)Sc1nnc(Cc2cccs2)n1C)c1ccc(F)cc1. The summed E-state index contributed by atoms with van der Waals surface area (Å²) >= 11 is 3.06. The number of amides is 1. The van der Waals surface area contributed by atoms with E-state index < -0.39 is 0 Å². The van der Waals surface area contributed by atoms with Crippen molar-refractivity contribution in [1.29, 1.82) is 0 Å². The Balaban J connectivity index is 1.59. The van der Waals surface area contributed by atoms with Gasteiger partial charge in [0.1, 0.15) is 11.6 Å². The molecule has 2 aromatic heterocycles. The predicted molar refractivity (Wildman–Crippen MR) is 106 cm³/mol. The smallest absolute Gasteiger partial charge is 0.233 e. The van der Waals surface area contributed by atoms with Crippen molar-refractivity contribution in [1.82, 2.24) is 20.1 Å². The Morgan fingerprint density at radius 3 is 2.67 bits per heavy atom. The van der Waals surface area contributed by atoms with Gasteiger partial charge in [-0.1, -0.05) is 30.0 Å². The summed E-state index contributed by atoms with van der Waals surface area (Å²) in [6, 6.07) is 10.0. The van der Waals surface area contributed by atoms with E-state index in [4.69, 9.17) is 0 Å². The van der Waals surface area contributed by atoms with Crippen molar-refractivity contribution in [2.24, 2.45) is 7.05 Å². The fourth-order valence-electron chi connectivity index (χ4n) is 2.55. The molecular formula is C19H21FN4OS2. The van der Waals surface area contributed by atoms with Crippen LogP contribution >= 0.6 is 23.1 Å². The van der Waals surface area contributed by atoms with Crippen LogP contribution in [0.2, 0.25) is 0 Å². The van der Waals surface area contributed by atoms with Crippen LogP contribution in [0, 0.1) is 5.82 Å². The number of nitrogens with one attached hydrogen (secondary N) is 1. The number of hydrogen-bond donors (Lipinski definition) is 1. The number of carbonyl (C=O) groups excluding carboxylic acids is 1. The average Bonchev–Trinajstić information content (AvgIpc) is 3.27. The lowest BCUT2D eigenvalue weighted by atomic mass is 10.1. The van der Waals surface area contributed by atoms with Crippen LogP contribution in [0.25, 0.3) is 0 Å². The van der Waals surface area contributed by atoms with Crippen molar-refractivity contribution in [3.8, 4) is 0 Å². The van der Waals surface area contributed by atoms with Crippen LogP contribution in [0.1, 0.15) is 36.2 Å². The molecule has 0 aliphatic carbocycles. The van der Waals surface area contributed by atoms with E-state index in [1.807, 2.05) is 36.9 Å². The third-order valence-electron chi connectivity index (χ3n) is 4.22. The Hall–Kier alpha value is -2.19. The number of nitrogens with zero attached hydrogens (tertiary/aromatic N) is 3. The molecule has 0 radical (unpaired) electrons. The van der Waals surface area contributed by atoms with E-state index in [0.29, 0.717) is 5.16 Å². The molecule has 27 heavy (non-hydrogen) atoms. The summed E-state index contributed by atoms with van der Waals surface area (Å²) in [5.74, 6) is 0.480. The van der Waals surface area contributed by atoms with Crippen LogP contribution < -0.4 is 5.32 Å². The number of carbonyl (C=O) groups is 1. The molecule has 0 aliphatic heterocycles. The number of benzene rings is 1. The molecule has 1 N–H and O–H groups in total. The van der Waals surface area contributed by atoms with Gasteiger partial charge < -0.3 is 9.88 Å². The first-order valence-electron chi connectivity index (χ1n) is 8.57. The highest BCUT2D eigenvalue weighted by Gasteiger charge is 2.20. The Morgan fingerprint density at radius 2 is 2.00 bits per heavy atom. The lowest BCUT2D eigenvalue weighted by molar-refractivity contribution is -0.120. The number of thiophene rings is 1. The van der Waals surface area contributed by atoms with Crippen LogP contribution in [0.3, 0.4) is 0 Å². The third kappa shape index (κ3) is 4.95. The van der Waals surface area contributed by atoms with Crippen molar-refractivity contribution < 1.29 is 9.18 Å². The van der Waals surface area contributed by atoms with Gasteiger partial charge in [-0.25, -0.2) is 4.39 Å². The van der Waals surface area contributed by atoms with Crippen LogP contribution in [0.15, 0.2) is 46.9 Å². The van der Waals surface area contributed by atoms with E-state index in [9.17, 15) is 9.18 Å². The van der Waals surface area contributed by atoms with E-state index >= 15 is 0 Å². The van der Waals surface area contributed by atoms with Gasteiger partial charge in [0.25, 0.3) is 0 Å². The zero-order chi connectivity index (χ0) is 19.4. The van der Waals surface area contributed by atoms with Crippen LogP contribution in [-0.2, 0) is 18.3 Å². The second kappa shape index (κ2) is 8.67. The summed E-state index contributed by atoms with van der Waals surface area (Å²) in [6.07, 6.45) is 0.726. The maximum atomic E-state index is 13.0. The molecule has 1 aromatic carbocycles. The van der Waals surface area contributed by atoms with Crippen molar-refractivity contribution >= 4 is 29.0 Å². The summed E-state index contributed by atoms with van der Waals surface area (Å²) in [5.41, 5.74) is 0.860. The number of hydrogen-bond acceptors (Lipinski definition) is 5. The van der Waals surface area contributed by atoms with Gasteiger partial charge in [-0.2, -0.15) is 0 Å². The van der Waals surface area contributed by atoms with Crippen LogP contribution in [-0.4, -0.2) is 25.9 Å². The summed E-state index contributed by atoms with van der Waals surface area (Å²) in [6.45, 7) is 3.72. The average molecular weight is 405 g/mol. The number of aromatic nitrogens is 3. The minimum Gasteiger partial charge on any atom is -0.349 e. The number of thioether (sulfide) groups is 1. The lowest BCUT2D eigenvalue weighted by Gasteiger charge is -2.17. The largest absolute Gasteiger partial charge is 0.349 e. The monoisotopic (exact) mass is 404 g/mol. The van der Waals surface area contributed by atoms with Gasteiger partial charge in [0.05, 0.1) is 11.3 Å². The van der Waals surface area contributed by atoms with Gasteiger partial charge in [-0.05, 0) is 43.0 Å². The van der Waals surface area contributed by atoms with Crippen molar-refractivity contribution in [3.05, 3.63) is 63.9 Å². The molecule has 142 valence electrons. The molecule has 0 aliphatic rings. The zero-order valence-corrected chi connectivity index (χ0v) is 17.0. The molecule has 5 nitrogen and oxygen atoms in total. The maximum absolute atomic E-state index is 13.0. The predicted octanol–water partition coefficient (Wildman–Crippen LogP) is 3.96. The van der Waals surface area contributed by atoms with Gasteiger partial charge in [-0.3, -0.25) is 4.79 Å². The molecule has 0 unspecified atom stereocenters. The third-order valence-corrected chi connectivity index (χ3v) is 6.23. The van der Waals surface area contributed by atoms with Crippen molar-refractivity contribution in [2.45, 2.75) is 36.7 Å². The lowest BCUT2D eigenvalue weighted by Crippen LogP contribution is -2.33. The minimum absolute atomic E-state index is 0.0976. The highest BCUT2D eigenvalue weighted by Crippen LogP contribution is 2.24. The fraction of sp³-hybridized carbons (Fsp3) is 0.316. The fourth-order valence-corrected chi connectivity index (χ4v) is 4.09. The zero-order valence-electron chi connectivity index (χ0n) is 15.3. The first kappa shape index (κ1) is 19.6. The van der Waals surface area contributed by atoms with E-state index in [-0.39, 0.29) is 23.0 Å². The van der Waals surface area contributed by atoms with Crippen molar-refractivity contribution in [3.63, 3.8) is 0 Å². The molecule has 3 rings (SSSR count). The molecule has 0 spiro atoms. The second-order valence-electron chi connectivity index (χ2n) is 6.26. The molecule has 8 heteroatoms. The summed E-state index contributed by atoms with van der Waals surface area (Å²) < 4.78 is 15.0. The summed E-state index contributed by atoms with van der Waals surface area (Å²) in [4.78, 5) is 13.7. The Labute approximate surface area is 166 Å². The number of rotatable bonds is 7. The molecule has 0 saturated carbocycles. The summed E-state index contributed by atoms with van der Waals surface area (Å²) in [7, 11) is 1.91. The molecule has 2 atom stereocenters. The van der Waals surface area contributed by atoms with E-state index in [1.165, 1.54) is 28.8 Å².